The minimum atomic E-state index is -1.01. The maximum Gasteiger partial charge on any atom is 0.317 e. The van der Waals surface area contributed by atoms with Crippen molar-refractivity contribution < 1.29 is 14.3 Å². The van der Waals surface area contributed by atoms with Crippen molar-refractivity contribution in [2.75, 3.05) is 6.61 Å². The third kappa shape index (κ3) is 2.86. The Bertz CT molecular complexity index is 240. The van der Waals surface area contributed by atoms with Crippen LogP contribution in [0.25, 0.3) is 0 Å². The summed E-state index contributed by atoms with van der Waals surface area (Å²) in [6, 6.07) is 1.90. The van der Waals surface area contributed by atoms with E-state index in [2.05, 4.69) is 4.74 Å². The topological polar surface area (TPSA) is 67.2 Å². The van der Waals surface area contributed by atoms with Crippen molar-refractivity contribution in [3.63, 3.8) is 0 Å². The summed E-state index contributed by atoms with van der Waals surface area (Å²) < 4.78 is 4.66. The van der Waals surface area contributed by atoms with Gasteiger partial charge < -0.3 is 9.53 Å². The summed E-state index contributed by atoms with van der Waals surface area (Å²) in [5, 5.41) is 8.70. The van der Waals surface area contributed by atoms with E-state index in [1.54, 1.807) is 6.92 Å². The summed E-state index contributed by atoms with van der Waals surface area (Å²) in [7, 11) is 0. The summed E-state index contributed by atoms with van der Waals surface area (Å²) in [4.78, 5) is 21.8. The average molecular weight is 183 g/mol. The van der Waals surface area contributed by atoms with Crippen molar-refractivity contribution in [2.24, 2.45) is 11.3 Å². The summed E-state index contributed by atoms with van der Waals surface area (Å²) in [5.74, 6) is -1.64. The van der Waals surface area contributed by atoms with E-state index in [-0.39, 0.29) is 6.61 Å². The number of carbonyl (C=O) groups excluding carboxylic acids is 2. The molecule has 1 unspecified atom stereocenters. The van der Waals surface area contributed by atoms with Gasteiger partial charge in [0.15, 0.2) is 0 Å². The maximum atomic E-state index is 11.2. The molecule has 0 amide bonds. The van der Waals surface area contributed by atoms with Crippen molar-refractivity contribution in [1.82, 2.24) is 0 Å². The minimum Gasteiger partial charge on any atom is -0.465 e. The molecule has 0 fully saturated rings. The molecule has 0 heterocycles. The molecule has 0 rings (SSSR count). The lowest BCUT2D eigenvalue weighted by Crippen LogP contribution is -2.32. The zero-order chi connectivity index (χ0) is 10.5. The number of esters is 1. The van der Waals surface area contributed by atoms with Crippen molar-refractivity contribution in [3.05, 3.63) is 0 Å². The van der Waals surface area contributed by atoms with Gasteiger partial charge in [-0.15, -0.1) is 0 Å². The van der Waals surface area contributed by atoms with E-state index in [9.17, 15) is 9.59 Å². The second kappa shape index (κ2) is 4.61. The highest BCUT2D eigenvalue weighted by Gasteiger charge is 2.36. The van der Waals surface area contributed by atoms with E-state index in [0.29, 0.717) is 6.29 Å². The van der Waals surface area contributed by atoms with E-state index < -0.39 is 17.3 Å². The Kier molecular flexibility index (Phi) is 4.12. The van der Waals surface area contributed by atoms with Gasteiger partial charge >= 0.3 is 5.97 Å². The van der Waals surface area contributed by atoms with Crippen LogP contribution >= 0.6 is 0 Å². The monoisotopic (exact) mass is 183 g/mol. The highest BCUT2D eigenvalue weighted by Crippen LogP contribution is 2.25. The smallest absolute Gasteiger partial charge is 0.317 e. The Labute approximate surface area is 77.5 Å². The Hall–Kier alpha value is -1.37. The van der Waals surface area contributed by atoms with E-state index in [1.807, 2.05) is 6.07 Å². The molecule has 0 saturated heterocycles. The van der Waals surface area contributed by atoms with Gasteiger partial charge in [-0.1, -0.05) is 0 Å². The van der Waals surface area contributed by atoms with Crippen LogP contribution < -0.4 is 0 Å². The summed E-state index contributed by atoms with van der Waals surface area (Å²) >= 11 is 0. The van der Waals surface area contributed by atoms with Crippen LogP contribution in [0.1, 0.15) is 20.8 Å². The Morgan fingerprint density at radius 2 is 2.23 bits per heavy atom. The second-order valence-electron chi connectivity index (χ2n) is 3.20. The predicted molar refractivity (Wildman–Crippen MR) is 45.6 cm³/mol. The molecule has 0 aliphatic carbocycles. The average Bonchev–Trinajstić information content (AvgIpc) is 2.05. The number of ether oxygens (including phenoxy) is 1. The fourth-order valence-electron chi connectivity index (χ4n) is 0.822. The molecular formula is C9H13NO3. The number of hydrogen-bond donors (Lipinski definition) is 0. The van der Waals surface area contributed by atoms with Crippen LogP contribution in [0.5, 0.6) is 0 Å². The van der Waals surface area contributed by atoms with Gasteiger partial charge in [0.1, 0.15) is 12.2 Å². The Balaban J connectivity index is 4.62. The third-order valence-corrected chi connectivity index (χ3v) is 1.74. The van der Waals surface area contributed by atoms with Crippen molar-refractivity contribution in [1.29, 1.82) is 5.26 Å². The molecule has 13 heavy (non-hydrogen) atoms. The first-order valence-electron chi connectivity index (χ1n) is 4.02. The predicted octanol–water partition coefficient (Wildman–Crippen LogP) is 0.914. The molecule has 1 atom stereocenters. The van der Waals surface area contributed by atoms with Gasteiger partial charge in [-0.25, -0.2) is 0 Å². The van der Waals surface area contributed by atoms with Gasteiger partial charge in [-0.3, -0.25) is 4.79 Å². The Morgan fingerprint density at radius 3 is 2.54 bits per heavy atom. The number of carbonyl (C=O) groups is 2. The fourth-order valence-corrected chi connectivity index (χ4v) is 0.822. The zero-order valence-corrected chi connectivity index (χ0v) is 8.03. The van der Waals surface area contributed by atoms with Crippen molar-refractivity contribution >= 4 is 12.3 Å². The largest absolute Gasteiger partial charge is 0.465 e. The molecular weight excluding hydrogens is 170 g/mol. The highest BCUT2D eigenvalue weighted by molar-refractivity contribution is 5.89. The molecule has 0 aromatic rings. The van der Waals surface area contributed by atoms with Crippen LogP contribution in [0.3, 0.4) is 0 Å². The van der Waals surface area contributed by atoms with Gasteiger partial charge in [0.2, 0.25) is 0 Å². The number of nitriles is 1. The molecule has 0 N–H and O–H groups in total. The van der Waals surface area contributed by atoms with Crippen molar-refractivity contribution in [3.8, 4) is 6.07 Å². The number of hydrogen-bond acceptors (Lipinski definition) is 4. The van der Waals surface area contributed by atoms with Gasteiger partial charge in [-0.2, -0.15) is 5.26 Å². The first kappa shape index (κ1) is 11.6. The molecule has 72 valence electrons. The van der Waals surface area contributed by atoms with E-state index >= 15 is 0 Å². The van der Waals surface area contributed by atoms with Crippen molar-refractivity contribution in [2.45, 2.75) is 20.8 Å². The molecule has 0 spiro atoms. The number of aldehydes is 1. The lowest BCUT2D eigenvalue weighted by atomic mass is 9.81. The normalized spacial score (nSPS) is 12.8. The number of rotatable bonds is 4. The molecule has 0 bridgehead atoms. The van der Waals surface area contributed by atoms with Crippen LogP contribution in [-0.4, -0.2) is 18.9 Å². The molecule has 0 saturated carbocycles. The van der Waals surface area contributed by atoms with Gasteiger partial charge in [-0.05, 0) is 20.8 Å². The Morgan fingerprint density at radius 1 is 1.69 bits per heavy atom. The van der Waals surface area contributed by atoms with Crippen LogP contribution in [0, 0.1) is 22.7 Å². The zero-order valence-electron chi connectivity index (χ0n) is 8.03. The van der Waals surface area contributed by atoms with Crippen LogP contribution in [0.4, 0.5) is 0 Å². The lowest BCUT2D eigenvalue weighted by molar-refractivity contribution is -0.152. The fraction of sp³-hybridized carbons (Fsp3) is 0.667. The van der Waals surface area contributed by atoms with E-state index in [0.717, 1.165) is 0 Å². The second-order valence-corrected chi connectivity index (χ2v) is 3.20. The van der Waals surface area contributed by atoms with Gasteiger partial charge in [0.25, 0.3) is 0 Å². The lowest BCUT2D eigenvalue weighted by Gasteiger charge is -2.20. The molecule has 0 aliphatic rings. The van der Waals surface area contributed by atoms with Crippen LogP contribution in [0.2, 0.25) is 0 Å². The minimum absolute atomic E-state index is 0.213. The first-order chi connectivity index (χ1) is 5.99. The summed E-state index contributed by atoms with van der Waals surface area (Å²) in [5.41, 5.74) is -1.01. The molecule has 0 radical (unpaired) electrons. The molecule has 4 heteroatoms. The van der Waals surface area contributed by atoms with E-state index in [4.69, 9.17) is 5.26 Å². The quantitative estimate of drug-likeness (QED) is 0.369. The van der Waals surface area contributed by atoms with Crippen LogP contribution in [-0.2, 0) is 14.3 Å². The maximum absolute atomic E-state index is 11.2. The molecule has 0 aromatic heterocycles. The molecule has 4 nitrogen and oxygen atoms in total. The number of nitrogens with zero attached hydrogens (tertiary/aromatic N) is 1. The summed E-state index contributed by atoms with van der Waals surface area (Å²) in [6.45, 7) is 4.93. The van der Waals surface area contributed by atoms with Crippen LogP contribution in [0.15, 0.2) is 0 Å². The standard InChI is InChI=1S/C9H13NO3/c1-4-13-8(12)7(5-11)9(2,3)6-10/h5,7H,4H2,1-3H3. The molecule has 0 aliphatic heterocycles. The van der Waals surface area contributed by atoms with E-state index in [1.165, 1.54) is 13.8 Å². The van der Waals surface area contributed by atoms with Gasteiger partial charge in [0, 0.05) is 0 Å². The SMILES string of the molecule is CCOC(=O)C(C=O)C(C)(C)C#N. The highest BCUT2D eigenvalue weighted by atomic mass is 16.5. The first-order valence-corrected chi connectivity index (χ1v) is 4.02. The van der Waals surface area contributed by atoms with Gasteiger partial charge in [0.05, 0.1) is 18.1 Å². The summed E-state index contributed by atoms with van der Waals surface area (Å²) in [6.07, 6.45) is 0.460. The third-order valence-electron chi connectivity index (χ3n) is 1.74. The molecule has 0 aromatic carbocycles.